The van der Waals surface area contributed by atoms with Crippen LogP contribution in [0.4, 0.5) is 0 Å². The molecule has 0 bridgehead atoms. The molecule has 1 N–H and O–H groups in total. The van der Waals surface area contributed by atoms with Gasteiger partial charge < -0.3 is 0 Å². The third-order valence-electron chi connectivity index (χ3n) is 2.24. The van der Waals surface area contributed by atoms with Crippen molar-refractivity contribution in [1.29, 1.82) is 0 Å². The molecule has 0 aliphatic rings. The highest BCUT2D eigenvalue weighted by atomic mass is 35.5. The Hall–Kier alpha value is -0.580. The Kier molecular flexibility index (Phi) is 4.77. The number of alkyl halides is 1. The standard InChI is InChI=1S/C11H16ClNO2S/c1-3-10(12)8-13-16(14,15)11-6-4-5-9(2)7-11/h4-7,10,13H,3,8H2,1-2H3. The van der Waals surface area contributed by atoms with Gasteiger partial charge in [0.2, 0.25) is 10.0 Å². The molecule has 0 aromatic heterocycles. The first-order valence-electron chi connectivity index (χ1n) is 5.16. The van der Waals surface area contributed by atoms with Gasteiger partial charge in [-0.2, -0.15) is 0 Å². The molecule has 90 valence electrons. The summed E-state index contributed by atoms with van der Waals surface area (Å²) in [5.41, 5.74) is 0.917. The molecule has 5 heteroatoms. The van der Waals surface area contributed by atoms with Crippen molar-refractivity contribution >= 4 is 21.6 Å². The highest BCUT2D eigenvalue weighted by Gasteiger charge is 2.14. The van der Waals surface area contributed by atoms with E-state index >= 15 is 0 Å². The van der Waals surface area contributed by atoms with Crippen LogP contribution in [-0.4, -0.2) is 20.3 Å². The van der Waals surface area contributed by atoms with Crippen molar-refractivity contribution in [1.82, 2.24) is 4.72 Å². The highest BCUT2D eigenvalue weighted by Crippen LogP contribution is 2.11. The number of hydrogen-bond donors (Lipinski definition) is 1. The van der Waals surface area contributed by atoms with E-state index in [0.29, 0.717) is 0 Å². The zero-order valence-corrected chi connectivity index (χ0v) is 11.0. The Morgan fingerprint density at radius 3 is 2.69 bits per heavy atom. The lowest BCUT2D eigenvalue weighted by molar-refractivity contribution is 0.579. The SMILES string of the molecule is CCC(Cl)CNS(=O)(=O)c1cccc(C)c1. The van der Waals surface area contributed by atoms with Crippen molar-refractivity contribution in [2.45, 2.75) is 30.5 Å². The zero-order chi connectivity index (χ0) is 12.2. The molecule has 1 aromatic rings. The van der Waals surface area contributed by atoms with Gasteiger partial charge in [0.15, 0.2) is 0 Å². The molecule has 1 atom stereocenters. The van der Waals surface area contributed by atoms with E-state index in [1.807, 2.05) is 19.9 Å². The molecule has 3 nitrogen and oxygen atoms in total. The van der Waals surface area contributed by atoms with Gasteiger partial charge in [0.25, 0.3) is 0 Å². The van der Waals surface area contributed by atoms with Gasteiger partial charge in [-0.25, -0.2) is 13.1 Å². The van der Waals surface area contributed by atoms with Crippen molar-refractivity contribution < 1.29 is 8.42 Å². The maximum atomic E-state index is 11.8. The van der Waals surface area contributed by atoms with Crippen molar-refractivity contribution in [2.24, 2.45) is 0 Å². The molecule has 0 aliphatic heterocycles. The maximum absolute atomic E-state index is 11.8. The number of halogens is 1. The monoisotopic (exact) mass is 261 g/mol. The quantitative estimate of drug-likeness (QED) is 0.827. The summed E-state index contributed by atoms with van der Waals surface area (Å²) in [6.07, 6.45) is 0.734. The van der Waals surface area contributed by atoms with Gasteiger partial charge in [0.05, 0.1) is 4.90 Å². The second-order valence-electron chi connectivity index (χ2n) is 3.67. The molecule has 0 amide bonds. The van der Waals surface area contributed by atoms with Gasteiger partial charge in [-0.05, 0) is 31.0 Å². The Morgan fingerprint density at radius 2 is 2.12 bits per heavy atom. The minimum atomic E-state index is -3.42. The third-order valence-corrected chi connectivity index (χ3v) is 4.12. The molecule has 0 radical (unpaired) electrons. The Morgan fingerprint density at radius 1 is 1.44 bits per heavy atom. The lowest BCUT2D eigenvalue weighted by Gasteiger charge is -2.09. The summed E-state index contributed by atoms with van der Waals surface area (Å²) in [5.74, 6) is 0. The molecule has 1 rings (SSSR count). The van der Waals surface area contributed by atoms with Crippen LogP contribution >= 0.6 is 11.6 Å². The molecule has 0 heterocycles. The van der Waals surface area contributed by atoms with Crippen LogP contribution in [0.25, 0.3) is 0 Å². The Bertz CT molecular complexity index is 445. The fourth-order valence-electron chi connectivity index (χ4n) is 1.21. The Balaban J connectivity index is 2.78. The van der Waals surface area contributed by atoms with Crippen LogP contribution < -0.4 is 4.72 Å². The van der Waals surface area contributed by atoms with Gasteiger partial charge in [-0.1, -0.05) is 19.1 Å². The molecule has 0 aliphatic carbocycles. The summed E-state index contributed by atoms with van der Waals surface area (Å²) in [5, 5.41) is -0.167. The van der Waals surface area contributed by atoms with Crippen LogP contribution in [-0.2, 0) is 10.0 Å². The molecule has 1 aromatic carbocycles. The van der Waals surface area contributed by atoms with Crippen LogP contribution in [0, 0.1) is 6.92 Å². The van der Waals surface area contributed by atoms with E-state index in [0.717, 1.165) is 12.0 Å². The first-order chi connectivity index (χ1) is 7.45. The fourth-order valence-corrected chi connectivity index (χ4v) is 2.56. The molecule has 16 heavy (non-hydrogen) atoms. The summed E-state index contributed by atoms with van der Waals surface area (Å²) in [4.78, 5) is 0.285. The summed E-state index contributed by atoms with van der Waals surface area (Å²) < 4.78 is 26.2. The van der Waals surface area contributed by atoms with E-state index in [9.17, 15) is 8.42 Å². The smallest absolute Gasteiger partial charge is 0.210 e. The first kappa shape index (κ1) is 13.5. The van der Waals surface area contributed by atoms with Crippen LogP contribution in [0.5, 0.6) is 0 Å². The van der Waals surface area contributed by atoms with Crippen LogP contribution in [0.1, 0.15) is 18.9 Å². The predicted octanol–water partition coefficient (Wildman–Crippen LogP) is 2.29. The topological polar surface area (TPSA) is 46.2 Å². The summed E-state index contributed by atoms with van der Waals surface area (Å²) in [6, 6.07) is 6.79. The van der Waals surface area contributed by atoms with Crippen molar-refractivity contribution in [2.75, 3.05) is 6.54 Å². The van der Waals surface area contributed by atoms with Gasteiger partial charge in [0, 0.05) is 11.9 Å². The van der Waals surface area contributed by atoms with Gasteiger partial charge >= 0.3 is 0 Å². The molecule has 0 spiro atoms. The second-order valence-corrected chi connectivity index (χ2v) is 6.06. The molecule has 0 saturated carbocycles. The van der Waals surface area contributed by atoms with E-state index < -0.39 is 10.0 Å². The minimum absolute atomic E-state index is 0.167. The normalized spacial score (nSPS) is 13.7. The predicted molar refractivity (Wildman–Crippen MR) is 66.3 cm³/mol. The number of sulfonamides is 1. The van der Waals surface area contributed by atoms with Crippen molar-refractivity contribution in [3.63, 3.8) is 0 Å². The van der Waals surface area contributed by atoms with Gasteiger partial charge in [-0.3, -0.25) is 0 Å². The van der Waals surface area contributed by atoms with Gasteiger partial charge in [-0.15, -0.1) is 11.6 Å². The molecular weight excluding hydrogens is 246 g/mol. The number of benzene rings is 1. The summed E-state index contributed by atoms with van der Waals surface area (Å²) >= 11 is 5.86. The van der Waals surface area contributed by atoms with E-state index in [2.05, 4.69) is 4.72 Å². The van der Waals surface area contributed by atoms with E-state index in [4.69, 9.17) is 11.6 Å². The van der Waals surface area contributed by atoms with Crippen molar-refractivity contribution in [3.8, 4) is 0 Å². The molecule has 0 saturated heterocycles. The first-order valence-corrected chi connectivity index (χ1v) is 7.08. The average molecular weight is 262 g/mol. The van der Waals surface area contributed by atoms with Crippen LogP contribution in [0.15, 0.2) is 29.2 Å². The second kappa shape index (κ2) is 5.66. The Labute approximate surface area is 102 Å². The largest absolute Gasteiger partial charge is 0.240 e. The van der Waals surface area contributed by atoms with Crippen molar-refractivity contribution in [3.05, 3.63) is 29.8 Å². The number of aryl methyl sites for hydroxylation is 1. The van der Waals surface area contributed by atoms with Crippen LogP contribution in [0.2, 0.25) is 0 Å². The van der Waals surface area contributed by atoms with Gasteiger partial charge in [0.1, 0.15) is 0 Å². The molecule has 0 fully saturated rings. The van der Waals surface area contributed by atoms with E-state index in [1.54, 1.807) is 18.2 Å². The molecule has 1 unspecified atom stereocenters. The zero-order valence-electron chi connectivity index (χ0n) is 9.40. The van der Waals surface area contributed by atoms with E-state index in [1.165, 1.54) is 0 Å². The average Bonchev–Trinajstić information content (AvgIpc) is 2.26. The number of nitrogens with one attached hydrogen (secondary N) is 1. The molecular formula is C11H16ClNO2S. The van der Waals surface area contributed by atoms with E-state index in [-0.39, 0.29) is 16.8 Å². The number of hydrogen-bond acceptors (Lipinski definition) is 2. The third kappa shape index (κ3) is 3.77. The maximum Gasteiger partial charge on any atom is 0.240 e. The summed E-state index contributed by atoms with van der Waals surface area (Å²) in [6.45, 7) is 4.03. The lowest BCUT2D eigenvalue weighted by Crippen LogP contribution is -2.29. The summed E-state index contributed by atoms with van der Waals surface area (Å²) in [7, 11) is -3.42. The number of rotatable bonds is 5. The minimum Gasteiger partial charge on any atom is -0.210 e. The lowest BCUT2D eigenvalue weighted by atomic mass is 10.2. The highest BCUT2D eigenvalue weighted by molar-refractivity contribution is 7.89. The fraction of sp³-hybridized carbons (Fsp3) is 0.455. The van der Waals surface area contributed by atoms with Crippen LogP contribution in [0.3, 0.4) is 0 Å².